The number of nitrogens with one attached hydrogen (secondary N) is 1. The monoisotopic (exact) mass is 331 g/mol. The van der Waals surface area contributed by atoms with Crippen LogP contribution in [0.2, 0.25) is 0 Å². The molecule has 0 radical (unpaired) electrons. The van der Waals surface area contributed by atoms with Gasteiger partial charge in [-0.3, -0.25) is 9.48 Å². The number of amides is 1. The van der Waals surface area contributed by atoms with E-state index < -0.39 is 0 Å². The van der Waals surface area contributed by atoms with Gasteiger partial charge < -0.3 is 14.6 Å². The van der Waals surface area contributed by atoms with Crippen molar-refractivity contribution < 1.29 is 9.53 Å². The standard InChI is InChI=1S/C17H25N5O2/c1-12-10-15(20-21(12)3)17(23)18-6-7-22-13(2)11-19-16(22)14-4-8-24-9-5-14/h10-11,14H,4-9H2,1-3H3,(H,18,23). The number of nitrogens with zero attached hydrogens (tertiary/aromatic N) is 4. The van der Waals surface area contributed by atoms with E-state index in [1.165, 1.54) is 0 Å². The van der Waals surface area contributed by atoms with Crippen LogP contribution in [0.1, 0.15) is 46.5 Å². The van der Waals surface area contributed by atoms with Gasteiger partial charge >= 0.3 is 0 Å². The third kappa shape index (κ3) is 3.51. The molecule has 0 bridgehead atoms. The summed E-state index contributed by atoms with van der Waals surface area (Å²) in [7, 11) is 1.83. The lowest BCUT2D eigenvalue weighted by molar-refractivity contribution is 0.0827. The van der Waals surface area contributed by atoms with Gasteiger partial charge in [0.25, 0.3) is 5.91 Å². The van der Waals surface area contributed by atoms with Gasteiger partial charge in [0.15, 0.2) is 0 Å². The molecule has 24 heavy (non-hydrogen) atoms. The number of carbonyl (C=O) groups excluding carboxylic acids is 1. The van der Waals surface area contributed by atoms with E-state index >= 15 is 0 Å². The molecule has 0 unspecified atom stereocenters. The van der Waals surface area contributed by atoms with Crippen molar-refractivity contribution in [1.82, 2.24) is 24.6 Å². The summed E-state index contributed by atoms with van der Waals surface area (Å²) in [6, 6.07) is 1.80. The van der Waals surface area contributed by atoms with Gasteiger partial charge in [0.05, 0.1) is 0 Å². The Kier molecular flexibility index (Phi) is 4.99. The predicted molar refractivity (Wildman–Crippen MR) is 90.0 cm³/mol. The summed E-state index contributed by atoms with van der Waals surface area (Å²) in [5.74, 6) is 1.42. The minimum Gasteiger partial charge on any atom is -0.381 e. The summed E-state index contributed by atoms with van der Waals surface area (Å²) in [6.07, 6.45) is 3.93. The van der Waals surface area contributed by atoms with Crippen molar-refractivity contribution in [3.63, 3.8) is 0 Å². The van der Waals surface area contributed by atoms with Gasteiger partial charge in [-0.05, 0) is 32.8 Å². The normalized spacial score (nSPS) is 15.6. The smallest absolute Gasteiger partial charge is 0.271 e. The van der Waals surface area contributed by atoms with Crippen LogP contribution in [0.3, 0.4) is 0 Å². The van der Waals surface area contributed by atoms with Crippen LogP contribution >= 0.6 is 0 Å². The van der Waals surface area contributed by atoms with E-state index in [0.29, 0.717) is 18.2 Å². The summed E-state index contributed by atoms with van der Waals surface area (Å²) in [5.41, 5.74) is 2.55. The maximum absolute atomic E-state index is 12.2. The average Bonchev–Trinajstić information content (AvgIpc) is 3.12. The number of hydrogen-bond donors (Lipinski definition) is 1. The zero-order chi connectivity index (χ0) is 17.1. The Hall–Kier alpha value is -2.15. The minimum atomic E-state index is -0.135. The van der Waals surface area contributed by atoms with Crippen LogP contribution in [0, 0.1) is 13.8 Å². The van der Waals surface area contributed by atoms with E-state index in [4.69, 9.17) is 4.74 Å². The number of rotatable bonds is 5. The third-order valence-corrected chi connectivity index (χ3v) is 4.64. The van der Waals surface area contributed by atoms with E-state index in [-0.39, 0.29) is 5.91 Å². The molecule has 0 saturated carbocycles. The first-order chi connectivity index (χ1) is 11.6. The minimum absolute atomic E-state index is 0.135. The predicted octanol–water partition coefficient (Wildman–Crippen LogP) is 1.56. The second-order valence-corrected chi connectivity index (χ2v) is 6.35. The van der Waals surface area contributed by atoms with Crippen LogP contribution in [-0.2, 0) is 18.3 Å². The van der Waals surface area contributed by atoms with Crippen LogP contribution in [0.25, 0.3) is 0 Å². The molecule has 0 aliphatic carbocycles. The Morgan fingerprint density at radius 1 is 1.33 bits per heavy atom. The lowest BCUT2D eigenvalue weighted by atomic mass is 9.99. The molecule has 3 rings (SSSR count). The highest BCUT2D eigenvalue weighted by Gasteiger charge is 2.21. The number of aromatic nitrogens is 4. The van der Waals surface area contributed by atoms with E-state index in [1.807, 2.05) is 20.2 Å². The molecule has 2 aromatic heterocycles. The van der Waals surface area contributed by atoms with Gasteiger partial charge in [-0.25, -0.2) is 4.98 Å². The molecule has 130 valence electrons. The van der Waals surface area contributed by atoms with Crippen molar-refractivity contribution in [1.29, 1.82) is 0 Å². The SMILES string of the molecule is Cc1cc(C(=O)NCCn2c(C)cnc2C2CCOCC2)nn1C. The van der Waals surface area contributed by atoms with Crippen LogP contribution in [0.4, 0.5) is 0 Å². The summed E-state index contributed by atoms with van der Waals surface area (Å²) in [6.45, 7) is 6.86. The van der Waals surface area contributed by atoms with E-state index in [1.54, 1.807) is 10.7 Å². The molecule has 7 nitrogen and oxygen atoms in total. The Morgan fingerprint density at radius 3 is 2.75 bits per heavy atom. The van der Waals surface area contributed by atoms with Crippen molar-refractivity contribution in [2.24, 2.45) is 7.05 Å². The molecular formula is C17H25N5O2. The molecule has 0 atom stereocenters. The quantitative estimate of drug-likeness (QED) is 0.902. The van der Waals surface area contributed by atoms with Gasteiger partial charge in [0, 0.05) is 56.9 Å². The molecule has 0 aromatic carbocycles. The summed E-state index contributed by atoms with van der Waals surface area (Å²) in [4.78, 5) is 16.8. The number of hydrogen-bond acceptors (Lipinski definition) is 4. The molecule has 7 heteroatoms. The Balaban J connectivity index is 1.60. The fraction of sp³-hybridized carbons (Fsp3) is 0.588. The van der Waals surface area contributed by atoms with Crippen LogP contribution in [0.15, 0.2) is 12.3 Å². The van der Waals surface area contributed by atoms with Gasteiger partial charge in [-0.2, -0.15) is 5.10 Å². The summed E-state index contributed by atoms with van der Waals surface area (Å²) in [5, 5.41) is 7.15. The second kappa shape index (κ2) is 7.17. The number of carbonyl (C=O) groups is 1. The third-order valence-electron chi connectivity index (χ3n) is 4.64. The zero-order valence-corrected chi connectivity index (χ0v) is 14.6. The van der Waals surface area contributed by atoms with Crippen molar-refractivity contribution in [2.75, 3.05) is 19.8 Å². The van der Waals surface area contributed by atoms with Gasteiger partial charge in [-0.15, -0.1) is 0 Å². The topological polar surface area (TPSA) is 74.0 Å². The molecular weight excluding hydrogens is 306 g/mol. The van der Waals surface area contributed by atoms with Crippen LogP contribution in [-0.4, -0.2) is 45.0 Å². The Morgan fingerprint density at radius 2 is 2.08 bits per heavy atom. The highest BCUT2D eigenvalue weighted by molar-refractivity contribution is 5.92. The number of imidazole rings is 1. The van der Waals surface area contributed by atoms with E-state index in [2.05, 4.69) is 26.9 Å². The fourth-order valence-corrected chi connectivity index (χ4v) is 3.10. The van der Waals surface area contributed by atoms with Crippen molar-refractivity contribution in [3.8, 4) is 0 Å². The van der Waals surface area contributed by atoms with Crippen LogP contribution in [0.5, 0.6) is 0 Å². The molecule has 1 fully saturated rings. The van der Waals surface area contributed by atoms with E-state index in [9.17, 15) is 4.79 Å². The van der Waals surface area contributed by atoms with Crippen molar-refractivity contribution in [2.45, 2.75) is 39.2 Å². The van der Waals surface area contributed by atoms with Crippen molar-refractivity contribution in [3.05, 3.63) is 35.2 Å². The molecule has 1 aliphatic heterocycles. The molecule has 0 spiro atoms. The Labute approximate surface area is 142 Å². The fourth-order valence-electron chi connectivity index (χ4n) is 3.10. The number of aryl methyl sites for hydroxylation is 3. The molecule has 1 saturated heterocycles. The van der Waals surface area contributed by atoms with Crippen LogP contribution < -0.4 is 5.32 Å². The Bertz CT molecular complexity index is 693. The largest absolute Gasteiger partial charge is 0.381 e. The first-order valence-electron chi connectivity index (χ1n) is 8.45. The lowest BCUT2D eigenvalue weighted by Crippen LogP contribution is -2.29. The highest BCUT2D eigenvalue weighted by Crippen LogP contribution is 2.26. The molecule has 1 aliphatic rings. The maximum atomic E-state index is 12.2. The van der Waals surface area contributed by atoms with Gasteiger partial charge in [0.1, 0.15) is 11.5 Å². The first kappa shape index (κ1) is 16.7. The second-order valence-electron chi connectivity index (χ2n) is 6.35. The summed E-state index contributed by atoms with van der Waals surface area (Å²) < 4.78 is 9.35. The van der Waals surface area contributed by atoms with E-state index in [0.717, 1.165) is 49.8 Å². The zero-order valence-electron chi connectivity index (χ0n) is 14.6. The average molecular weight is 331 g/mol. The molecule has 3 heterocycles. The number of ether oxygens (including phenoxy) is 1. The molecule has 2 aromatic rings. The highest BCUT2D eigenvalue weighted by atomic mass is 16.5. The molecule has 1 N–H and O–H groups in total. The maximum Gasteiger partial charge on any atom is 0.271 e. The summed E-state index contributed by atoms with van der Waals surface area (Å²) >= 11 is 0. The van der Waals surface area contributed by atoms with Crippen molar-refractivity contribution >= 4 is 5.91 Å². The van der Waals surface area contributed by atoms with Gasteiger partial charge in [-0.1, -0.05) is 0 Å². The first-order valence-corrected chi connectivity index (χ1v) is 8.45. The molecule has 1 amide bonds. The lowest BCUT2D eigenvalue weighted by Gasteiger charge is -2.23. The van der Waals surface area contributed by atoms with Gasteiger partial charge in [0.2, 0.25) is 0 Å².